The Morgan fingerprint density at radius 3 is 2.34 bits per heavy atom. The molecule has 2 unspecified atom stereocenters. The largest absolute Gasteiger partial charge is 0.524 e. The number of thiazole rings is 1. The summed E-state index contributed by atoms with van der Waals surface area (Å²) < 4.78 is 22.4. The Balaban J connectivity index is 1.84. The van der Waals surface area contributed by atoms with Gasteiger partial charge in [0.2, 0.25) is 11.8 Å². The molecule has 3 amide bonds. The highest BCUT2D eigenvalue weighted by Gasteiger charge is 2.38. The van der Waals surface area contributed by atoms with Crippen molar-refractivity contribution in [2.24, 2.45) is 23.7 Å². The standard InChI is InChI=1S/C51H80N5O13PS3/c1-12-32(5)38(28-43(59)41-18-14-15-23-55(41)10)49(62)56(11)42(31(3)4)29-45(68-34(7)57)48-54-40(30-71-48)47(61)52-36(25-33(6)50(63)64)26-35-19-20-44(69-70(65,66)67)39(27-35)53-46(60)21-22-51(8,9)73-72-24-16-17-37(58)13-2/h19-20,27,30-33,36,38,41-42,45H,12-18,21-26,28-29H2,1-11H3,(H,52,61)(H,53,60)(H,63,64)(H2,65,66,67)/t32-,33?,36+,38-,41?,42+,45+/m0/s1. The van der Waals surface area contributed by atoms with Crippen LogP contribution in [-0.4, -0.2) is 120 Å². The van der Waals surface area contributed by atoms with Crippen LogP contribution in [0.1, 0.15) is 167 Å². The highest BCUT2D eigenvalue weighted by molar-refractivity contribution is 8.77. The molecule has 0 saturated carbocycles. The van der Waals surface area contributed by atoms with Gasteiger partial charge in [-0.25, -0.2) is 9.55 Å². The number of carbonyl (C=O) groups is 7. The molecule has 22 heteroatoms. The number of hydrogen-bond donors (Lipinski definition) is 5. The van der Waals surface area contributed by atoms with E-state index in [1.54, 1.807) is 33.5 Å². The van der Waals surface area contributed by atoms with Gasteiger partial charge in [-0.1, -0.05) is 82.0 Å². The summed E-state index contributed by atoms with van der Waals surface area (Å²) in [5.41, 5.74) is 0.410. The topological polar surface area (TPSA) is 259 Å². The fraction of sp³-hybridized carbons (Fsp3) is 0.686. The van der Waals surface area contributed by atoms with E-state index >= 15 is 0 Å². The predicted molar refractivity (Wildman–Crippen MR) is 287 cm³/mol. The molecule has 18 nitrogen and oxygen atoms in total. The number of aromatic nitrogens is 1. The highest BCUT2D eigenvalue weighted by Crippen LogP contribution is 2.43. The van der Waals surface area contributed by atoms with Gasteiger partial charge in [0.15, 0.2) is 17.6 Å². The third kappa shape index (κ3) is 21.7. The molecule has 1 fully saturated rings. The zero-order chi connectivity index (χ0) is 54.8. The summed E-state index contributed by atoms with van der Waals surface area (Å²) in [5.74, 6) is -3.85. The number of ether oxygens (including phenoxy) is 1. The number of ketones is 2. The second-order valence-corrected chi connectivity index (χ2v) is 25.5. The Labute approximate surface area is 443 Å². The van der Waals surface area contributed by atoms with Crippen molar-refractivity contribution in [2.45, 2.75) is 175 Å². The van der Waals surface area contributed by atoms with Gasteiger partial charge in [-0.2, -0.15) is 0 Å². The summed E-state index contributed by atoms with van der Waals surface area (Å²) in [4.78, 5) is 119. The molecule has 1 aliphatic rings. The number of anilines is 1. The molecule has 0 bridgehead atoms. The molecule has 73 heavy (non-hydrogen) atoms. The molecular formula is C51H80N5O13PS3. The number of phosphoric ester groups is 1. The Morgan fingerprint density at radius 2 is 1.74 bits per heavy atom. The zero-order valence-electron chi connectivity index (χ0n) is 44.5. The Hall–Kier alpha value is -3.85. The molecule has 5 N–H and O–H groups in total. The molecule has 3 rings (SSSR count). The van der Waals surface area contributed by atoms with Crippen molar-refractivity contribution in [3.8, 4) is 5.75 Å². The molecule has 0 aliphatic carbocycles. The zero-order valence-corrected chi connectivity index (χ0v) is 47.8. The lowest BCUT2D eigenvalue weighted by Crippen LogP contribution is -2.48. The monoisotopic (exact) mass is 1100 g/mol. The number of benzene rings is 1. The van der Waals surface area contributed by atoms with E-state index in [-0.39, 0.29) is 89.3 Å². The van der Waals surface area contributed by atoms with E-state index in [0.717, 1.165) is 49.3 Å². The summed E-state index contributed by atoms with van der Waals surface area (Å²) in [6, 6.07) is 2.72. The van der Waals surface area contributed by atoms with Crippen molar-refractivity contribution in [3.63, 3.8) is 0 Å². The van der Waals surface area contributed by atoms with Crippen LogP contribution in [0, 0.1) is 23.7 Å². The van der Waals surface area contributed by atoms with Gasteiger partial charge >= 0.3 is 19.8 Å². The van der Waals surface area contributed by atoms with Gasteiger partial charge < -0.3 is 29.9 Å². The first-order chi connectivity index (χ1) is 34.1. The van der Waals surface area contributed by atoms with E-state index < -0.39 is 61.6 Å². The molecule has 0 radical (unpaired) electrons. The molecule has 1 aromatic carbocycles. The summed E-state index contributed by atoms with van der Waals surface area (Å²) in [6.45, 7) is 17.3. The van der Waals surface area contributed by atoms with Gasteiger partial charge in [-0.05, 0) is 95.5 Å². The maximum Gasteiger partial charge on any atom is 0.524 e. The molecule has 2 heterocycles. The fourth-order valence-electron chi connectivity index (χ4n) is 8.76. The number of hydrogen-bond acceptors (Lipinski definition) is 15. The summed E-state index contributed by atoms with van der Waals surface area (Å²) >= 11 is 1.09. The predicted octanol–water partition coefficient (Wildman–Crippen LogP) is 9.29. The summed E-state index contributed by atoms with van der Waals surface area (Å²) in [5, 5.41) is 17.3. The lowest BCUT2D eigenvalue weighted by atomic mass is 9.83. The average Bonchev–Trinajstić information content (AvgIpc) is 3.81. The van der Waals surface area contributed by atoms with E-state index in [9.17, 15) is 53.0 Å². The molecule has 0 spiro atoms. The Bertz CT molecular complexity index is 2240. The quantitative estimate of drug-likeness (QED) is 0.0198. The maximum absolute atomic E-state index is 14.4. The molecular weight excluding hydrogens is 1020 g/mol. The van der Waals surface area contributed by atoms with Crippen LogP contribution in [0.2, 0.25) is 0 Å². The summed E-state index contributed by atoms with van der Waals surface area (Å²) in [7, 11) is 1.83. The van der Waals surface area contributed by atoms with Crippen LogP contribution in [0.25, 0.3) is 0 Å². The number of carbonyl (C=O) groups excluding carboxylic acids is 6. The number of likely N-dealkylation sites (N-methyl/N-ethyl adjacent to an activating group) is 1. The number of amides is 3. The Morgan fingerprint density at radius 1 is 1.04 bits per heavy atom. The maximum atomic E-state index is 14.4. The molecule has 1 saturated heterocycles. The van der Waals surface area contributed by atoms with E-state index in [1.165, 1.54) is 37.4 Å². The number of carboxylic acids is 1. The van der Waals surface area contributed by atoms with Crippen molar-refractivity contribution in [2.75, 3.05) is 31.7 Å². The first kappa shape index (κ1) is 63.4. The number of likely N-dealkylation sites (tertiary alicyclic amines) is 1. The number of esters is 1. The van der Waals surface area contributed by atoms with Crippen molar-refractivity contribution in [3.05, 3.63) is 39.8 Å². The third-order valence-corrected chi connectivity index (χ3v) is 18.2. The fourth-order valence-corrected chi connectivity index (χ4v) is 12.7. The van der Waals surface area contributed by atoms with Crippen LogP contribution in [0.4, 0.5) is 5.69 Å². The smallest absolute Gasteiger partial charge is 0.481 e. The van der Waals surface area contributed by atoms with Crippen LogP contribution >= 0.6 is 40.7 Å². The van der Waals surface area contributed by atoms with Gasteiger partial charge in [0, 0.05) is 80.0 Å². The molecule has 2 aromatic rings. The van der Waals surface area contributed by atoms with Crippen molar-refractivity contribution in [1.29, 1.82) is 0 Å². The lowest BCUT2D eigenvalue weighted by Gasteiger charge is -2.37. The minimum absolute atomic E-state index is 0.0249. The minimum Gasteiger partial charge on any atom is -0.481 e. The summed E-state index contributed by atoms with van der Waals surface area (Å²) in [6.07, 6.45) is 5.09. The first-order valence-electron chi connectivity index (χ1n) is 25.3. The van der Waals surface area contributed by atoms with Crippen LogP contribution in [0.3, 0.4) is 0 Å². The van der Waals surface area contributed by atoms with E-state index in [1.807, 2.05) is 55.5 Å². The number of rotatable bonds is 32. The van der Waals surface area contributed by atoms with Gasteiger partial charge in [0.1, 0.15) is 16.5 Å². The molecule has 1 aromatic heterocycles. The van der Waals surface area contributed by atoms with Crippen molar-refractivity contribution >= 4 is 87.7 Å². The second-order valence-electron chi connectivity index (χ2n) is 20.3. The van der Waals surface area contributed by atoms with Gasteiger partial charge in [0.25, 0.3) is 5.91 Å². The number of Topliss-reactive ketones (excluding diaryl/α,β-unsaturated/α-hetero) is 2. The van der Waals surface area contributed by atoms with E-state index in [4.69, 9.17) is 9.26 Å². The molecule has 410 valence electrons. The number of phosphoric acid groups is 1. The number of nitrogens with one attached hydrogen (secondary N) is 2. The van der Waals surface area contributed by atoms with E-state index in [0.29, 0.717) is 36.3 Å². The first-order valence-corrected chi connectivity index (χ1v) is 30.0. The molecule has 1 aliphatic heterocycles. The van der Waals surface area contributed by atoms with Crippen LogP contribution in [0.5, 0.6) is 5.75 Å². The average molecular weight is 1100 g/mol. The van der Waals surface area contributed by atoms with Crippen LogP contribution in [-0.2, 0) is 44.5 Å². The second kappa shape index (κ2) is 30.0. The SMILES string of the molecule is CCC(=O)CCCSSC(C)(C)CCC(=O)Nc1cc(C[C@@H](CC(C)C(=O)O)NC(=O)c2csc([C@@H](C[C@H](C(C)C)N(C)C(=O)[C@@H](CC(=O)C3CCCCN3C)[C@@H](C)CC)OC(C)=O)n2)ccc1OP(=O)(O)O. The lowest BCUT2D eigenvalue weighted by molar-refractivity contribution is -0.149. The number of aliphatic carboxylic acids is 1. The van der Waals surface area contributed by atoms with Crippen molar-refractivity contribution < 1.29 is 62.3 Å². The normalized spacial score (nSPS) is 16.9. The number of nitrogens with zero attached hydrogens (tertiary/aromatic N) is 3. The van der Waals surface area contributed by atoms with Gasteiger partial charge in [-0.15, -0.1) is 11.3 Å². The minimum atomic E-state index is -5.07. The van der Waals surface area contributed by atoms with Gasteiger partial charge in [-0.3, -0.25) is 48.2 Å². The van der Waals surface area contributed by atoms with Crippen LogP contribution < -0.4 is 15.2 Å². The van der Waals surface area contributed by atoms with Crippen molar-refractivity contribution in [1.82, 2.24) is 20.1 Å². The highest BCUT2D eigenvalue weighted by atomic mass is 33.1. The number of carboxylic acid groups (broad SMARTS) is 1. The number of piperidine rings is 1. The van der Waals surface area contributed by atoms with Gasteiger partial charge in [0.05, 0.1) is 17.6 Å². The van der Waals surface area contributed by atoms with E-state index in [2.05, 4.69) is 20.5 Å². The Kier molecular flexibility index (Phi) is 26.1. The van der Waals surface area contributed by atoms with Crippen LogP contribution in [0.15, 0.2) is 23.6 Å². The molecule has 7 atom stereocenters. The third-order valence-electron chi connectivity index (χ3n) is 13.3.